The molecule has 0 bridgehead atoms. The van der Waals surface area contributed by atoms with Gasteiger partial charge in [-0.2, -0.15) is 0 Å². The van der Waals surface area contributed by atoms with E-state index in [1.54, 1.807) is 11.8 Å². The van der Waals surface area contributed by atoms with Gasteiger partial charge in [-0.05, 0) is 30.9 Å². The van der Waals surface area contributed by atoms with Gasteiger partial charge in [0.05, 0.1) is 6.04 Å². The van der Waals surface area contributed by atoms with Crippen LogP contribution in [0, 0.1) is 0 Å². The van der Waals surface area contributed by atoms with Crippen LogP contribution in [0.3, 0.4) is 0 Å². The molecule has 0 saturated heterocycles. The van der Waals surface area contributed by atoms with Crippen molar-refractivity contribution < 1.29 is 0 Å². The lowest BCUT2D eigenvalue weighted by Crippen LogP contribution is -2.08. The third-order valence-electron chi connectivity index (χ3n) is 2.81. The normalized spacial score (nSPS) is 13.1. The van der Waals surface area contributed by atoms with E-state index >= 15 is 0 Å². The summed E-state index contributed by atoms with van der Waals surface area (Å²) < 4.78 is 0. The molecule has 19 heavy (non-hydrogen) atoms. The van der Waals surface area contributed by atoms with Gasteiger partial charge in [-0.1, -0.05) is 60.3 Å². The van der Waals surface area contributed by atoms with Crippen molar-refractivity contribution in [3.8, 4) is 0 Å². The van der Waals surface area contributed by atoms with Crippen molar-refractivity contribution in [3.05, 3.63) is 66.2 Å². The second-order valence-electron chi connectivity index (χ2n) is 4.22. The largest absolute Gasteiger partial charge is 0.335 e. The lowest BCUT2D eigenvalue weighted by atomic mass is 10.1. The molecule has 2 rings (SSSR count). The van der Waals surface area contributed by atoms with Gasteiger partial charge in [0.25, 0.3) is 0 Å². The van der Waals surface area contributed by atoms with Crippen molar-refractivity contribution in [2.45, 2.75) is 13.0 Å². The van der Waals surface area contributed by atoms with E-state index in [4.69, 9.17) is 4.99 Å². The predicted octanol–water partition coefficient (Wildman–Crippen LogP) is 4.58. The number of benzene rings is 2. The fourth-order valence-electron chi connectivity index (χ4n) is 1.76. The molecular weight excluding hydrogens is 252 g/mol. The molecule has 1 N–H and O–H groups in total. The number of aliphatic imine (C=N–C) groups is 1. The third kappa shape index (κ3) is 4.14. The third-order valence-corrected chi connectivity index (χ3v) is 3.41. The lowest BCUT2D eigenvalue weighted by molar-refractivity contribution is 0.823. The summed E-state index contributed by atoms with van der Waals surface area (Å²) in [7, 11) is 0. The van der Waals surface area contributed by atoms with Gasteiger partial charge in [-0.25, -0.2) is 0 Å². The first-order valence-corrected chi connectivity index (χ1v) is 7.51. The highest BCUT2D eigenvalue weighted by Crippen LogP contribution is 2.19. The molecule has 0 saturated carbocycles. The van der Waals surface area contributed by atoms with Crippen molar-refractivity contribution in [1.82, 2.24) is 0 Å². The summed E-state index contributed by atoms with van der Waals surface area (Å²) in [4.78, 5) is 4.73. The number of para-hydroxylation sites is 1. The fourth-order valence-corrected chi connectivity index (χ4v) is 2.25. The van der Waals surface area contributed by atoms with Crippen molar-refractivity contribution >= 4 is 22.6 Å². The summed E-state index contributed by atoms with van der Waals surface area (Å²) in [6.45, 7) is 2.11. The maximum atomic E-state index is 4.73. The van der Waals surface area contributed by atoms with E-state index in [9.17, 15) is 0 Å². The summed E-state index contributed by atoms with van der Waals surface area (Å²) in [6.07, 6.45) is 2.03. The first-order chi connectivity index (χ1) is 9.29. The Bertz CT molecular complexity index is 523. The summed E-state index contributed by atoms with van der Waals surface area (Å²) in [6, 6.07) is 20.6. The molecule has 0 aliphatic rings. The maximum Gasteiger partial charge on any atom is 0.161 e. The molecule has 0 radical (unpaired) electrons. The standard InChI is InChI=1S/C16H18N2S/c1-13(14-9-5-3-6-10-14)17-16(19-2)18-15-11-7-4-8-12-15/h3-13H,1-2H3,(H,17,18)/t13-/m1/s1. The van der Waals surface area contributed by atoms with Gasteiger partial charge in [0, 0.05) is 5.69 Å². The van der Waals surface area contributed by atoms with Crippen LogP contribution >= 0.6 is 11.8 Å². The smallest absolute Gasteiger partial charge is 0.161 e. The molecule has 0 fully saturated rings. The average Bonchev–Trinajstić information content (AvgIpc) is 2.48. The number of nitrogens with zero attached hydrogens (tertiary/aromatic N) is 1. The van der Waals surface area contributed by atoms with Crippen molar-refractivity contribution in [2.24, 2.45) is 4.99 Å². The molecule has 0 aliphatic heterocycles. The number of anilines is 1. The van der Waals surface area contributed by atoms with Crippen LogP contribution in [0.25, 0.3) is 0 Å². The van der Waals surface area contributed by atoms with Gasteiger partial charge in [0.15, 0.2) is 5.17 Å². The molecule has 0 heterocycles. The first-order valence-electron chi connectivity index (χ1n) is 6.28. The zero-order valence-electron chi connectivity index (χ0n) is 11.2. The van der Waals surface area contributed by atoms with Crippen LogP contribution < -0.4 is 5.32 Å². The highest BCUT2D eigenvalue weighted by atomic mass is 32.2. The van der Waals surface area contributed by atoms with E-state index in [2.05, 4.69) is 24.4 Å². The minimum Gasteiger partial charge on any atom is -0.335 e. The highest BCUT2D eigenvalue weighted by Gasteiger charge is 2.05. The predicted molar refractivity (Wildman–Crippen MR) is 85.9 cm³/mol. The minimum absolute atomic E-state index is 0.153. The summed E-state index contributed by atoms with van der Waals surface area (Å²) in [5.41, 5.74) is 2.29. The molecule has 1 atom stereocenters. The van der Waals surface area contributed by atoms with Gasteiger partial charge < -0.3 is 5.32 Å². The monoisotopic (exact) mass is 270 g/mol. The quantitative estimate of drug-likeness (QED) is 0.652. The Kier molecular flexibility index (Phi) is 5.04. The van der Waals surface area contributed by atoms with E-state index < -0.39 is 0 Å². The second kappa shape index (κ2) is 7.00. The molecule has 2 aromatic rings. The average molecular weight is 270 g/mol. The Morgan fingerprint density at radius 3 is 2.16 bits per heavy atom. The molecule has 0 aliphatic carbocycles. The first kappa shape index (κ1) is 13.7. The van der Waals surface area contributed by atoms with Gasteiger partial charge in [0.1, 0.15) is 0 Å². The summed E-state index contributed by atoms with van der Waals surface area (Å²) >= 11 is 1.63. The Morgan fingerprint density at radius 1 is 1.00 bits per heavy atom. The SMILES string of the molecule is CSC(=N[C@H](C)c1ccccc1)Nc1ccccc1. The van der Waals surface area contributed by atoms with E-state index in [0.717, 1.165) is 10.9 Å². The van der Waals surface area contributed by atoms with Crippen LogP contribution in [0.5, 0.6) is 0 Å². The zero-order valence-corrected chi connectivity index (χ0v) is 12.0. The van der Waals surface area contributed by atoms with Crippen LogP contribution in [0.2, 0.25) is 0 Å². The molecule has 3 heteroatoms. The Morgan fingerprint density at radius 2 is 1.58 bits per heavy atom. The summed E-state index contributed by atoms with van der Waals surface area (Å²) in [5.74, 6) is 0. The highest BCUT2D eigenvalue weighted by molar-refractivity contribution is 8.13. The van der Waals surface area contributed by atoms with Crippen molar-refractivity contribution in [1.29, 1.82) is 0 Å². The molecule has 98 valence electrons. The number of rotatable bonds is 3. The number of thioether (sulfide) groups is 1. The van der Waals surface area contributed by atoms with E-state index in [0.29, 0.717) is 0 Å². The van der Waals surface area contributed by atoms with Crippen LogP contribution in [0.4, 0.5) is 5.69 Å². The van der Waals surface area contributed by atoms with Gasteiger partial charge in [-0.3, -0.25) is 4.99 Å². The molecule has 0 amide bonds. The fraction of sp³-hybridized carbons (Fsp3) is 0.188. The lowest BCUT2D eigenvalue weighted by Gasteiger charge is -2.11. The number of hydrogen-bond donors (Lipinski definition) is 1. The molecule has 2 aromatic carbocycles. The number of amidine groups is 1. The van der Waals surface area contributed by atoms with Crippen molar-refractivity contribution in [2.75, 3.05) is 11.6 Å². The van der Waals surface area contributed by atoms with Crippen LogP contribution in [-0.2, 0) is 0 Å². The number of hydrogen-bond acceptors (Lipinski definition) is 2. The minimum atomic E-state index is 0.153. The molecule has 0 aromatic heterocycles. The summed E-state index contributed by atoms with van der Waals surface area (Å²) in [5, 5.41) is 4.28. The molecular formula is C16H18N2S. The molecule has 0 unspecified atom stereocenters. The van der Waals surface area contributed by atoms with Gasteiger partial charge >= 0.3 is 0 Å². The van der Waals surface area contributed by atoms with Crippen LogP contribution in [0.1, 0.15) is 18.5 Å². The Labute approximate surface area is 119 Å². The maximum absolute atomic E-state index is 4.73. The van der Waals surface area contributed by atoms with Gasteiger partial charge in [0.2, 0.25) is 0 Å². The molecule has 2 nitrogen and oxygen atoms in total. The molecule has 0 spiro atoms. The van der Waals surface area contributed by atoms with Crippen LogP contribution in [0.15, 0.2) is 65.7 Å². The topological polar surface area (TPSA) is 24.4 Å². The zero-order chi connectivity index (χ0) is 13.5. The van der Waals surface area contributed by atoms with E-state index in [-0.39, 0.29) is 6.04 Å². The number of nitrogens with one attached hydrogen (secondary N) is 1. The Hall–Kier alpha value is -1.74. The van der Waals surface area contributed by atoms with E-state index in [1.165, 1.54) is 5.56 Å². The second-order valence-corrected chi connectivity index (χ2v) is 5.01. The van der Waals surface area contributed by atoms with Gasteiger partial charge in [-0.15, -0.1) is 0 Å². The van der Waals surface area contributed by atoms with Crippen LogP contribution in [-0.4, -0.2) is 11.4 Å². The van der Waals surface area contributed by atoms with Crippen molar-refractivity contribution in [3.63, 3.8) is 0 Å². The van der Waals surface area contributed by atoms with E-state index in [1.807, 2.05) is 54.8 Å². The Balaban J connectivity index is 2.11.